The molecule has 1 rings (SSSR count). The minimum atomic E-state index is -0.640. The van der Waals surface area contributed by atoms with Crippen LogP contribution in [0.3, 0.4) is 0 Å². The monoisotopic (exact) mass is 294 g/mol. The van der Waals surface area contributed by atoms with E-state index in [1.807, 2.05) is 19.9 Å². The van der Waals surface area contributed by atoms with E-state index < -0.39 is 12.2 Å². The van der Waals surface area contributed by atoms with E-state index in [1.165, 1.54) is 11.1 Å². The highest BCUT2D eigenvalue weighted by molar-refractivity contribution is 5.39. The molecule has 2 unspecified atom stereocenters. The molecule has 0 aliphatic rings. The van der Waals surface area contributed by atoms with Gasteiger partial charge in [0.05, 0.1) is 18.8 Å². The third-order valence-electron chi connectivity index (χ3n) is 3.75. The zero-order valence-electron chi connectivity index (χ0n) is 13.8. The van der Waals surface area contributed by atoms with Crippen LogP contribution in [0.25, 0.3) is 0 Å². The third-order valence-corrected chi connectivity index (χ3v) is 3.75. The van der Waals surface area contributed by atoms with Crippen molar-refractivity contribution in [2.45, 2.75) is 71.5 Å². The Morgan fingerprint density at radius 3 is 2.29 bits per heavy atom. The second-order valence-electron chi connectivity index (χ2n) is 5.92. The summed E-state index contributed by atoms with van der Waals surface area (Å²) in [4.78, 5) is 0. The molecule has 0 bridgehead atoms. The molecule has 0 amide bonds. The normalized spacial score (nSPS) is 14.2. The number of benzene rings is 1. The lowest BCUT2D eigenvalue weighted by Crippen LogP contribution is -2.26. The average Bonchev–Trinajstić information content (AvgIpc) is 2.46. The minimum Gasteiger partial charge on any atom is -0.494 e. The summed E-state index contributed by atoms with van der Waals surface area (Å²) in [5, 5.41) is 19.7. The van der Waals surface area contributed by atoms with Crippen LogP contribution in [-0.2, 0) is 6.42 Å². The average molecular weight is 294 g/mol. The Labute approximate surface area is 129 Å². The first-order chi connectivity index (χ1) is 9.99. The number of hydrogen-bond acceptors (Lipinski definition) is 3. The van der Waals surface area contributed by atoms with Crippen LogP contribution in [0.1, 0.15) is 64.0 Å². The van der Waals surface area contributed by atoms with Crippen LogP contribution in [0.2, 0.25) is 0 Å². The molecule has 120 valence electrons. The van der Waals surface area contributed by atoms with Gasteiger partial charge in [0.1, 0.15) is 5.75 Å². The zero-order chi connectivity index (χ0) is 15.8. The molecule has 0 fully saturated rings. The molecule has 0 radical (unpaired) electrons. The third kappa shape index (κ3) is 5.68. The van der Waals surface area contributed by atoms with E-state index in [9.17, 15) is 10.2 Å². The molecule has 0 spiro atoms. The molecule has 0 heterocycles. The summed E-state index contributed by atoms with van der Waals surface area (Å²) in [6.07, 6.45) is 1.66. The molecule has 21 heavy (non-hydrogen) atoms. The summed E-state index contributed by atoms with van der Waals surface area (Å²) in [7, 11) is 0. The topological polar surface area (TPSA) is 49.7 Å². The van der Waals surface area contributed by atoms with Gasteiger partial charge in [-0.05, 0) is 49.3 Å². The Balaban J connectivity index is 2.69. The van der Waals surface area contributed by atoms with Crippen molar-refractivity contribution in [2.75, 3.05) is 6.61 Å². The molecule has 3 nitrogen and oxygen atoms in total. The maximum Gasteiger partial charge on any atom is 0.122 e. The van der Waals surface area contributed by atoms with Crippen molar-refractivity contribution in [1.29, 1.82) is 0 Å². The standard InChI is InChI=1S/C18H30O3/c1-5-7-16(19)17(20)10-8-14-9-11-18(21-6-2)15(12-14)13(3)4/h9,11-13,16-17,19-20H,5-8,10H2,1-4H3. The van der Waals surface area contributed by atoms with Crippen molar-refractivity contribution >= 4 is 0 Å². The van der Waals surface area contributed by atoms with Gasteiger partial charge in [-0.25, -0.2) is 0 Å². The molecule has 0 aliphatic carbocycles. The predicted octanol–water partition coefficient (Wildman–Crippen LogP) is 3.66. The van der Waals surface area contributed by atoms with E-state index in [-0.39, 0.29) is 0 Å². The molecular formula is C18H30O3. The summed E-state index contributed by atoms with van der Waals surface area (Å²) >= 11 is 0. The van der Waals surface area contributed by atoms with Crippen molar-refractivity contribution in [3.8, 4) is 5.75 Å². The van der Waals surface area contributed by atoms with Gasteiger partial charge in [0.15, 0.2) is 0 Å². The lowest BCUT2D eigenvalue weighted by atomic mass is 9.96. The fourth-order valence-electron chi connectivity index (χ4n) is 2.49. The van der Waals surface area contributed by atoms with E-state index in [2.05, 4.69) is 26.0 Å². The molecule has 1 aromatic carbocycles. The van der Waals surface area contributed by atoms with Crippen molar-refractivity contribution < 1.29 is 14.9 Å². The molecule has 0 aliphatic heterocycles. The largest absolute Gasteiger partial charge is 0.494 e. The van der Waals surface area contributed by atoms with Crippen molar-refractivity contribution in [3.05, 3.63) is 29.3 Å². The first kappa shape index (κ1) is 18.0. The Bertz CT molecular complexity index is 415. The highest BCUT2D eigenvalue weighted by Crippen LogP contribution is 2.28. The smallest absolute Gasteiger partial charge is 0.122 e. The summed E-state index contributed by atoms with van der Waals surface area (Å²) in [6, 6.07) is 6.23. The lowest BCUT2D eigenvalue weighted by Gasteiger charge is -2.18. The Morgan fingerprint density at radius 2 is 1.71 bits per heavy atom. The molecule has 0 saturated carbocycles. The van der Waals surface area contributed by atoms with Crippen LogP contribution in [-0.4, -0.2) is 29.0 Å². The summed E-state index contributed by atoms with van der Waals surface area (Å²) in [5.74, 6) is 1.35. The van der Waals surface area contributed by atoms with Gasteiger partial charge in [-0.15, -0.1) is 0 Å². The predicted molar refractivity (Wildman–Crippen MR) is 86.9 cm³/mol. The first-order valence-electron chi connectivity index (χ1n) is 8.11. The lowest BCUT2D eigenvalue weighted by molar-refractivity contribution is 0.00980. The molecule has 1 aromatic rings. The number of rotatable bonds is 9. The van der Waals surface area contributed by atoms with E-state index in [1.54, 1.807) is 0 Å². The maximum absolute atomic E-state index is 9.95. The number of aliphatic hydroxyl groups excluding tert-OH is 2. The quantitative estimate of drug-likeness (QED) is 0.730. The Hall–Kier alpha value is -1.06. The van der Waals surface area contributed by atoms with E-state index in [0.717, 1.165) is 18.6 Å². The first-order valence-corrected chi connectivity index (χ1v) is 8.11. The van der Waals surface area contributed by atoms with Gasteiger partial charge in [0.2, 0.25) is 0 Å². The van der Waals surface area contributed by atoms with E-state index in [0.29, 0.717) is 25.4 Å². The number of aliphatic hydroxyl groups is 2. The van der Waals surface area contributed by atoms with Crippen LogP contribution in [0, 0.1) is 0 Å². The summed E-state index contributed by atoms with van der Waals surface area (Å²) < 4.78 is 5.66. The van der Waals surface area contributed by atoms with Crippen LogP contribution in [0.5, 0.6) is 5.75 Å². The van der Waals surface area contributed by atoms with Crippen molar-refractivity contribution in [2.24, 2.45) is 0 Å². The van der Waals surface area contributed by atoms with Crippen LogP contribution in [0.4, 0.5) is 0 Å². The van der Waals surface area contributed by atoms with Gasteiger partial charge < -0.3 is 14.9 Å². The number of hydrogen-bond donors (Lipinski definition) is 2. The van der Waals surface area contributed by atoms with E-state index in [4.69, 9.17) is 4.74 Å². The van der Waals surface area contributed by atoms with Gasteiger partial charge in [-0.2, -0.15) is 0 Å². The molecule has 2 atom stereocenters. The second kappa shape index (κ2) is 9.06. The second-order valence-corrected chi connectivity index (χ2v) is 5.92. The van der Waals surface area contributed by atoms with Crippen molar-refractivity contribution in [1.82, 2.24) is 0 Å². The van der Waals surface area contributed by atoms with Crippen molar-refractivity contribution in [3.63, 3.8) is 0 Å². The molecule has 0 saturated heterocycles. The van der Waals surface area contributed by atoms with Crippen LogP contribution >= 0.6 is 0 Å². The summed E-state index contributed by atoms with van der Waals surface area (Å²) in [5.41, 5.74) is 2.39. The van der Waals surface area contributed by atoms with E-state index >= 15 is 0 Å². The molecule has 2 N–H and O–H groups in total. The highest BCUT2D eigenvalue weighted by atomic mass is 16.5. The van der Waals surface area contributed by atoms with Gasteiger partial charge >= 0.3 is 0 Å². The van der Waals surface area contributed by atoms with Crippen LogP contribution in [0.15, 0.2) is 18.2 Å². The van der Waals surface area contributed by atoms with Crippen LogP contribution < -0.4 is 4.74 Å². The van der Waals surface area contributed by atoms with Gasteiger partial charge in [0, 0.05) is 0 Å². The van der Waals surface area contributed by atoms with Gasteiger partial charge in [-0.1, -0.05) is 39.3 Å². The molecule has 0 aromatic heterocycles. The van der Waals surface area contributed by atoms with Gasteiger partial charge in [0.25, 0.3) is 0 Å². The molecular weight excluding hydrogens is 264 g/mol. The fourth-order valence-corrected chi connectivity index (χ4v) is 2.49. The summed E-state index contributed by atoms with van der Waals surface area (Å²) in [6.45, 7) is 8.98. The fraction of sp³-hybridized carbons (Fsp3) is 0.667. The van der Waals surface area contributed by atoms with Gasteiger partial charge in [-0.3, -0.25) is 0 Å². The molecule has 3 heteroatoms. The maximum atomic E-state index is 9.95. The minimum absolute atomic E-state index is 0.405. The SMILES string of the molecule is CCCC(O)C(O)CCc1ccc(OCC)c(C(C)C)c1. The Morgan fingerprint density at radius 1 is 1.05 bits per heavy atom. The zero-order valence-corrected chi connectivity index (χ0v) is 13.8. The number of ether oxygens (including phenoxy) is 1. The highest BCUT2D eigenvalue weighted by Gasteiger charge is 2.16. The Kier molecular flexibility index (Phi) is 7.76. The number of aryl methyl sites for hydroxylation is 1.